The third kappa shape index (κ3) is 4.80. The Hall–Kier alpha value is -2.37. The molecule has 29 heavy (non-hydrogen) atoms. The first-order chi connectivity index (χ1) is 14.1. The van der Waals surface area contributed by atoms with Crippen LogP contribution in [0.4, 0.5) is 10.2 Å². The van der Waals surface area contributed by atoms with Gasteiger partial charge in [-0.3, -0.25) is 4.90 Å². The fraction of sp³-hybridized carbons (Fsp3) is 0.348. The SMILES string of the molecule is CCOc1cc(CN2CCC(Nc3nc(Cl)cc4ccccc34)CC2)ccc1F. The number of halogens is 2. The van der Waals surface area contributed by atoms with E-state index >= 15 is 0 Å². The normalized spacial score (nSPS) is 15.6. The van der Waals surface area contributed by atoms with Crippen molar-refractivity contribution in [1.29, 1.82) is 0 Å². The van der Waals surface area contributed by atoms with Crippen LogP contribution in [0.1, 0.15) is 25.3 Å². The molecule has 0 radical (unpaired) electrons. The monoisotopic (exact) mass is 413 g/mol. The second kappa shape index (κ2) is 8.97. The van der Waals surface area contributed by atoms with Crippen LogP contribution in [0.15, 0.2) is 48.5 Å². The van der Waals surface area contributed by atoms with Crippen LogP contribution in [0.3, 0.4) is 0 Å². The van der Waals surface area contributed by atoms with Crippen LogP contribution in [0, 0.1) is 5.82 Å². The van der Waals surface area contributed by atoms with Crippen molar-refractivity contribution in [2.75, 3.05) is 25.0 Å². The smallest absolute Gasteiger partial charge is 0.165 e. The molecule has 0 unspecified atom stereocenters. The van der Waals surface area contributed by atoms with Crippen LogP contribution in [0.2, 0.25) is 5.15 Å². The van der Waals surface area contributed by atoms with Crippen LogP contribution in [-0.2, 0) is 6.54 Å². The Bertz CT molecular complexity index is 989. The summed E-state index contributed by atoms with van der Waals surface area (Å²) in [6, 6.07) is 15.5. The number of hydrogen-bond acceptors (Lipinski definition) is 4. The summed E-state index contributed by atoms with van der Waals surface area (Å²) >= 11 is 6.20. The highest BCUT2D eigenvalue weighted by atomic mass is 35.5. The van der Waals surface area contributed by atoms with E-state index in [1.54, 1.807) is 0 Å². The van der Waals surface area contributed by atoms with Gasteiger partial charge in [0.05, 0.1) is 6.61 Å². The van der Waals surface area contributed by atoms with E-state index in [0.717, 1.165) is 54.6 Å². The summed E-state index contributed by atoms with van der Waals surface area (Å²) in [6.07, 6.45) is 2.03. The average molecular weight is 414 g/mol. The summed E-state index contributed by atoms with van der Waals surface area (Å²) in [4.78, 5) is 6.90. The summed E-state index contributed by atoms with van der Waals surface area (Å²) in [6.45, 7) is 5.06. The summed E-state index contributed by atoms with van der Waals surface area (Å²) in [7, 11) is 0. The second-order valence-electron chi connectivity index (χ2n) is 7.41. The number of nitrogens with zero attached hydrogens (tertiary/aromatic N) is 2. The number of ether oxygens (including phenoxy) is 1. The fourth-order valence-corrected chi connectivity index (χ4v) is 4.08. The molecule has 1 aromatic heterocycles. The van der Waals surface area contributed by atoms with Crippen molar-refractivity contribution < 1.29 is 9.13 Å². The van der Waals surface area contributed by atoms with E-state index in [1.165, 1.54) is 6.07 Å². The maximum atomic E-state index is 13.8. The van der Waals surface area contributed by atoms with Gasteiger partial charge in [-0.05, 0) is 48.9 Å². The highest BCUT2D eigenvalue weighted by Gasteiger charge is 2.20. The molecule has 3 aromatic rings. The lowest BCUT2D eigenvalue weighted by molar-refractivity contribution is 0.210. The minimum atomic E-state index is -0.306. The first-order valence-corrected chi connectivity index (χ1v) is 10.5. The zero-order valence-corrected chi connectivity index (χ0v) is 17.3. The summed E-state index contributed by atoms with van der Waals surface area (Å²) in [5.74, 6) is 0.881. The number of nitrogens with one attached hydrogen (secondary N) is 1. The molecule has 1 aliphatic heterocycles. The lowest BCUT2D eigenvalue weighted by atomic mass is 10.0. The van der Waals surface area contributed by atoms with Gasteiger partial charge in [0.2, 0.25) is 0 Å². The van der Waals surface area contributed by atoms with Gasteiger partial charge in [-0.15, -0.1) is 0 Å². The molecule has 6 heteroatoms. The minimum absolute atomic E-state index is 0.306. The number of likely N-dealkylation sites (tertiary alicyclic amines) is 1. The van der Waals surface area contributed by atoms with Crippen molar-refractivity contribution in [1.82, 2.24) is 9.88 Å². The number of anilines is 1. The third-order valence-corrected chi connectivity index (χ3v) is 5.53. The van der Waals surface area contributed by atoms with Crippen molar-refractivity contribution in [3.8, 4) is 5.75 Å². The van der Waals surface area contributed by atoms with Crippen molar-refractivity contribution in [2.45, 2.75) is 32.4 Å². The minimum Gasteiger partial charge on any atom is -0.491 e. The van der Waals surface area contributed by atoms with Crippen molar-refractivity contribution >= 4 is 28.2 Å². The lowest BCUT2D eigenvalue weighted by Gasteiger charge is -2.33. The van der Waals surface area contributed by atoms with Crippen LogP contribution in [0.25, 0.3) is 10.8 Å². The Morgan fingerprint density at radius 1 is 1.17 bits per heavy atom. The molecule has 2 aromatic carbocycles. The van der Waals surface area contributed by atoms with Gasteiger partial charge in [-0.1, -0.05) is 41.9 Å². The molecule has 1 N–H and O–H groups in total. The molecule has 1 aliphatic rings. The first-order valence-electron chi connectivity index (χ1n) is 10.1. The van der Waals surface area contributed by atoms with E-state index in [9.17, 15) is 4.39 Å². The Balaban J connectivity index is 1.37. The van der Waals surface area contributed by atoms with E-state index in [4.69, 9.17) is 16.3 Å². The number of hydrogen-bond donors (Lipinski definition) is 1. The van der Waals surface area contributed by atoms with Gasteiger partial charge in [-0.2, -0.15) is 0 Å². The van der Waals surface area contributed by atoms with Gasteiger partial charge >= 0.3 is 0 Å². The van der Waals surface area contributed by atoms with Gasteiger partial charge in [0.1, 0.15) is 11.0 Å². The Labute approximate surface area is 175 Å². The third-order valence-electron chi connectivity index (χ3n) is 5.34. The van der Waals surface area contributed by atoms with E-state index in [1.807, 2.05) is 37.3 Å². The van der Waals surface area contributed by atoms with Crippen LogP contribution in [-0.4, -0.2) is 35.6 Å². The molecule has 0 bridgehead atoms. The number of aromatic nitrogens is 1. The Kier molecular flexibility index (Phi) is 6.16. The van der Waals surface area contributed by atoms with Crippen molar-refractivity contribution in [3.05, 3.63) is 65.1 Å². The maximum absolute atomic E-state index is 13.8. The van der Waals surface area contributed by atoms with Crippen LogP contribution >= 0.6 is 11.6 Å². The standard InChI is InChI=1S/C23H25ClFN3O/c1-2-29-21-13-16(7-8-20(21)25)15-28-11-9-18(10-12-28)26-23-19-6-4-3-5-17(19)14-22(24)27-23/h3-8,13-14,18H,2,9-12,15H2,1H3,(H,26,27). The molecule has 152 valence electrons. The molecule has 0 atom stereocenters. The molecule has 1 saturated heterocycles. The van der Waals surface area contributed by atoms with Crippen LogP contribution < -0.4 is 10.1 Å². The molecule has 1 fully saturated rings. The maximum Gasteiger partial charge on any atom is 0.165 e. The Morgan fingerprint density at radius 2 is 1.97 bits per heavy atom. The predicted octanol–water partition coefficient (Wildman–Crippen LogP) is 5.50. The van der Waals surface area contributed by atoms with Crippen LogP contribution in [0.5, 0.6) is 5.75 Å². The topological polar surface area (TPSA) is 37.4 Å². The fourth-order valence-electron chi connectivity index (χ4n) is 3.88. The van der Waals surface area contributed by atoms with Gasteiger partial charge in [0.25, 0.3) is 0 Å². The number of pyridine rings is 1. The molecule has 4 nitrogen and oxygen atoms in total. The average Bonchev–Trinajstić information content (AvgIpc) is 2.72. The number of fused-ring (bicyclic) bond motifs is 1. The molecule has 0 spiro atoms. The zero-order valence-electron chi connectivity index (χ0n) is 16.5. The summed E-state index contributed by atoms with van der Waals surface area (Å²) in [5, 5.41) is 6.28. The first kappa shape index (κ1) is 19.9. The predicted molar refractivity (Wildman–Crippen MR) is 116 cm³/mol. The molecular formula is C23H25ClFN3O. The van der Waals surface area contributed by atoms with Crippen molar-refractivity contribution in [2.24, 2.45) is 0 Å². The summed E-state index contributed by atoms with van der Waals surface area (Å²) < 4.78 is 19.1. The van der Waals surface area contributed by atoms with E-state index in [0.29, 0.717) is 23.6 Å². The van der Waals surface area contributed by atoms with E-state index in [2.05, 4.69) is 27.3 Å². The van der Waals surface area contributed by atoms with E-state index in [-0.39, 0.29) is 5.82 Å². The molecule has 0 aliphatic carbocycles. The lowest BCUT2D eigenvalue weighted by Crippen LogP contribution is -2.38. The molecule has 2 heterocycles. The zero-order chi connectivity index (χ0) is 20.2. The molecule has 0 amide bonds. The number of benzene rings is 2. The largest absolute Gasteiger partial charge is 0.491 e. The highest BCUT2D eigenvalue weighted by molar-refractivity contribution is 6.30. The second-order valence-corrected chi connectivity index (χ2v) is 7.79. The highest BCUT2D eigenvalue weighted by Crippen LogP contribution is 2.27. The molecule has 4 rings (SSSR count). The van der Waals surface area contributed by atoms with Gasteiger partial charge in [0, 0.05) is 31.1 Å². The molecular weight excluding hydrogens is 389 g/mol. The quantitative estimate of drug-likeness (QED) is 0.541. The van der Waals surface area contributed by atoms with Gasteiger partial charge in [0.15, 0.2) is 11.6 Å². The number of rotatable bonds is 6. The molecule has 0 saturated carbocycles. The van der Waals surface area contributed by atoms with Crippen molar-refractivity contribution in [3.63, 3.8) is 0 Å². The Morgan fingerprint density at radius 3 is 2.76 bits per heavy atom. The van der Waals surface area contributed by atoms with Gasteiger partial charge < -0.3 is 10.1 Å². The summed E-state index contributed by atoms with van der Waals surface area (Å²) in [5.41, 5.74) is 1.07. The van der Waals surface area contributed by atoms with Gasteiger partial charge in [-0.25, -0.2) is 9.37 Å². The number of piperidine rings is 1. The van der Waals surface area contributed by atoms with E-state index < -0.39 is 0 Å².